The average Bonchev–Trinajstić information content (AvgIpc) is 2.19. The molecule has 0 aromatic heterocycles. The summed E-state index contributed by atoms with van der Waals surface area (Å²) in [5, 5.41) is 17.2. The quantitative estimate of drug-likeness (QED) is 0.565. The smallest absolute Gasteiger partial charge is 0.337 e. The Hall–Kier alpha value is -2.28. The molecule has 4 heteroatoms. The lowest BCUT2D eigenvalue weighted by atomic mass is 10.0. The number of carbonyl (C=O) groups is 1. The van der Waals surface area contributed by atoms with Crippen LogP contribution in [0.1, 0.15) is 21.5 Å². The van der Waals surface area contributed by atoms with E-state index in [0.717, 1.165) is 0 Å². The van der Waals surface area contributed by atoms with E-state index >= 15 is 0 Å². The molecule has 0 heterocycles. The van der Waals surface area contributed by atoms with E-state index in [9.17, 15) is 4.79 Å². The summed E-state index contributed by atoms with van der Waals surface area (Å²) in [5.74, 6) is -1.07. The normalized spacial score (nSPS) is 10.1. The van der Waals surface area contributed by atoms with Crippen molar-refractivity contribution >= 4 is 17.7 Å². The van der Waals surface area contributed by atoms with Gasteiger partial charge in [-0.2, -0.15) is 5.26 Å². The van der Waals surface area contributed by atoms with Gasteiger partial charge in [0.25, 0.3) is 0 Å². The van der Waals surface area contributed by atoms with Crippen molar-refractivity contribution in [2.24, 2.45) is 0 Å². The number of allylic oxidation sites excluding steroid dienone is 1. The maximum absolute atomic E-state index is 10.8. The van der Waals surface area contributed by atoms with Crippen LogP contribution < -0.4 is 5.73 Å². The second kappa shape index (κ2) is 4.29. The van der Waals surface area contributed by atoms with Crippen molar-refractivity contribution in [2.75, 3.05) is 5.73 Å². The Morgan fingerprint density at radius 2 is 2.27 bits per heavy atom. The summed E-state index contributed by atoms with van der Waals surface area (Å²) in [6.45, 7) is 1.73. The Morgan fingerprint density at radius 3 is 2.80 bits per heavy atom. The monoisotopic (exact) mass is 202 g/mol. The molecule has 0 saturated heterocycles. The number of carboxylic acid groups (broad SMARTS) is 1. The van der Waals surface area contributed by atoms with Gasteiger partial charge in [0.2, 0.25) is 0 Å². The van der Waals surface area contributed by atoms with E-state index < -0.39 is 5.97 Å². The minimum Gasteiger partial charge on any atom is -0.478 e. The van der Waals surface area contributed by atoms with Gasteiger partial charge in [-0.05, 0) is 36.3 Å². The van der Waals surface area contributed by atoms with Crippen molar-refractivity contribution in [2.45, 2.75) is 6.92 Å². The molecule has 0 saturated carbocycles. The largest absolute Gasteiger partial charge is 0.478 e. The molecular weight excluding hydrogens is 192 g/mol. The molecule has 1 aromatic rings. The number of nitriles is 1. The first-order chi connectivity index (χ1) is 7.06. The number of aromatic carboxylic acids is 1. The molecule has 0 aliphatic heterocycles. The van der Waals surface area contributed by atoms with Gasteiger partial charge in [0, 0.05) is 11.8 Å². The van der Waals surface area contributed by atoms with E-state index in [4.69, 9.17) is 16.1 Å². The van der Waals surface area contributed by atoms with Gasteiger partial charge < -0.3 is 10.8 Å². The summed E-state index contributed by atoms with van der Waals surface area (Å²) in [4.78, 5) is 10.8. The Bertz CT molecular complexity index is 470. The molecule has 4 nitrogen and oxygen atoms in total. The molecule has 0 atom stereocenters. The molecule has 3 N–H and O–H groups in total. The molecule has 0 aliphatic rings. The Kier molecular flexibility index (Phi) is 3.09. The SMILES string of the molecule is Cc1cc(/C=C/C#N)cc(C(=O)O)c1N. The number of rotatable bonds is 2. The van der Waals surface area contributed by atoms with Crippen molar-refractivity contribution in [1.82, 2.24) is 0 Å². The summed E-state index contributed by atoms with van der Waals surface area (Å²) >= 11 is 0. The number of nitrogens with two attached hydrogens (primary N) is 1. The third-order valence-corrected chi connectivity index (χ3v) is 1.99. The van der Waals surface area contributed by atoms with Crippen LogP contribution in [0.25, 0.3) is 6.08 Å². The van der Waals surface area contributed by atoms with Gasteiger partial charge in [0.1, 0.15) is 0 Å². The lowest BCUT2D eigenvalue weighted by Gasteiger charge is -2.06. The van der Waals surface area contributed by atoms with Crippen LogP contribution in [0, 0.1) is 18.3 Å². The highest BCUT2D eigenvalue weighted by Gasteiger charge is 2.10. The third kappa shape index (κ3) is 2.35. The van der Waals surface area contributed by atoms with Gasteiger partial charge in [-0.25, -0.2) is 4.79 Å². The molecule has 15 heavy (non-hydrogen) atoms. The summed E-state index contributed by atoms with van der Waals surface area (Å²) in [6.07, 6.45) is 2.83. The summed E-state index contributed by atoms with van der Waals surface area (Å²) in [6, 6.07) is 5.01. The summed E-state index contributed by atoms with van der Waals surface area (Å²) in [5.41, 5.74) is 7.28. The van der Waals surface area contributed by atoms with Gasteiger partial charge in [-0.1, -0.05) is 0 Å². The van der Waals surface area contributed by atoms with Gasteiger partial charge in [0.15, 0.2) is 0 Å². The van der Waals surface area contributed by atoms with Crippen LogP contribution in [0.2, 0.25) is 0 Å². The van der Waals surface area contributed by atoms with Crippen LogP contribution in [0.15, 0.2) is 18.2 Å². The van der Waals surface area contributed by atoms with E-state index in [1.54, 1.807) is 19.1 Å². The van der Waals surface area contributed by atoms with Gasteiger partial charge in [-0.15, -0.1) is 0 Å². The molecule has 0 amide bonds. The number of nitrogen functional groups attached to an aromatic ring is 1. The Balaban J connectivity index is 3.31. The van der Waals surface area contributed by atoms with Crippen molar-refractivity contribution in [1.29, 1.82) is 5.26 Å². The number of aryl methyl sites for hydroxylation is 1. The minimum absolute atomic E-state index is 0.0626. The minimum atomic E-state index is -1.07. The first-order valence-electron chi connectivity index (χ1n) is 4.26. The topological polar surface area (TPSA) is 87.1 Å². The third-order valence-electron chi connectivity index (χ3n) is 1.99. The predicted molar refractivity (Wildman–Crippen MR) is 57.2 cm³/mol. The standard InChI is InChI=1S/C11H10N2O2/c1-7-5-8(3-2-4-12)6-9(10(7)13)11(14)15/h2-3,5-6H,13H2,1H3,(H,14,15)/b3-2+. The molecule has 0 aliphatic carbocycles. The van der Waals surface area contributed by atoms with Gasteiger partial charge in [-0.3, -0.25) is 0 Å². The Labute approximate surface area is 87.3 Å². The highest BCUT2D eigenvalue weighted by atomic mass is 16.4. The van der Waals surface area contributed by atoms with Crippen LogP contribution in [-0.4, -0.2) is 11.1 Å². The van der Waals surface area contributed by atoms with E-state index in [1.807, 2.05) is 6.07 Å². The molecular formula is C11H10N2O2. The van der Waals surface area contributed by atoms with Crippen molar-refractivity contribution in [3.8, 4) is 6.07 Å². The van der Waals surface area contributed by atoms with Crippen LogP contribution in [0.4, 0.5) is 5.69 Å². The first kappa shape index (κ1) is 10.8. The van der Waals surface area contributed by atoms with E-state index in [0.29, 0.717) is 11.1 Å². The van der Waals surface area contributed by atoms with Gasteiger partial charge >= 0.3 is 5.97 Å². The van der Waals surface area contributed by atoms with Crippen molar-refractivity contribution < 1.29 is 9.90 Å². The zero-order valence-corrected chi connectivity index (χ0v) is 8.19. The van der Waals surface area contributed by atoms with Crippen molar-refractivity contribution in [3.63, 3.8) is 0 Å². The van der Waals surface area contributed by atoms with Crippen LogP contribution in [0.5, 0.6) is 0 Å². The number of hydrogen-bond acceptors (Lipinski definition) is 3. The molecule has 0 spiro atoms. The molecule has 76 valence electrons. The van der Waals surface area contributed by atoms with E-state index in [-0.39, 0.29) is 11.3 Å². The lowest BCUT2D eigenvalue weighted by molar-refractivity contribution is 0.0698. The number of anilines is 1. The highest BCUT2D eigenvalue weighted by Crippen LogP contribution is 2.20. The molecule has 1 rings (SSSR count). The first-order valence-corrected chi connectivity index (χ1v) is 4.26. The van der Waals surface area contributed by atoms with Crippen LogP contribution in [-0.2, 0) is 0 Å². The van der Waals surface area contributed by atoms with E-state index in [2.05, 4.69) is 0 Å². The summed E-state index contributed by atoms with van der Waals surface area (Å²) < 4.78 is 0. The lowest BCUT2D eigenvalue weighted by Crippen LogP contribution is -2.04. The summed E-state index contributed by atoms with van der Waals surface area (Å²) in [7, 11) is 0. The Morgan fingerprint density at radius 1 is 1.60 bits per heavy atom. The number of carboxylic acids is 1. The zero-order chi connectivity index (χ0) is 11.4. The fraction of sp³-hybridized carbons (Fsp3) is 0.0909. The molecule has 0 radical (unpaired) electrons. The molecule has 1 aromatic carbocycles. The fourth-order valence-electron chi connectivity index (χ4n) is 1.23. The fourth-order valence-corrected chi connectivity index (χ4v) is 1.23. The van der Waals surface area contributed by atoms with Crippen LogP contribution in [0.3, 0.4) is 0 Å². The number of nitrogens with zero attached hydrogens (tertiary/aromatic N) is 1. The molecule has 0 unspecified atom stereocenters. The highest BCUT2D eigenvalue weighted by molar-refractivity contribution is 5.95. The predicted octanol–water partition coefficient (Wildman–Crippen LogP) is 1.81. The second-order valence-corrected chi connectivity index (χ2v) is 3.07. The number of hydrogen-bond donors (Lipinski definition) is 2. The molecule has 0 fully saturated rings. The van der Waals surface area contributed by atoms with Crippen LogP contribution >= 0.6 is 0 Å². The van der Waals surface area contributed by atoms with E-state index in [1.165, 1.54) is 12.1 Å². The average molecular weight is 202 g/mol. The van der Waals surface area contributed by atoms with Crippen molar-refractivity contribution in [3.05, 3.63) is 34.9 Å². The van der Waals surface area contributed by atoms with Gasteiger partial charge in [0.05, 0.1) is 11.6 Å². The maximum Gasteiger partial charge on any atom is 0.337 e. The zero-order valence-electron chi connectivity index (χ0n) is 8.19. The second-order valence-electron chi connectivity index (χ2n) is 3.07. The number of benzene rings is 1. The maximum atomic E-state index is 10.8. The molecule has 0 bridgehead atoms.